The maximum absolute atomic E-state index is 13.8. The molecule has 0 spiro atoms. The first-order chi connectivity index (χ1) is 18.6. The fourth-order valence-corrected chi connectivity index (χ4v) is 5.71. The van der Waals surface area contributed by atoms with Crippen molar-refractivity contribution in [1.29, 1.82) is 0 Å². The number of carbonyl (C=O) groups is 2. The zero-order valence-electron chi connectivity index (χ0n) is 22.9. The third kappa shape index (κ3) is 6.85. The highest BCUT2D eigenvalue weighted by Crippen LogP contribution is 2.29. The van der Waals surface area contributed by atoms with Crippen molar-refractivity contribution in [2.45, 2.75) is 71.1 Å². The lowest BCUT2D eigenvalue weighted by molar-refractivity contribution is 0.0284. The lowest BCUT2D eigenvalue weighted by atomic mass is 10.0. The third-order valence-electron chi connectivity index (χ3n) is 7.39. The summed E-state index contributed by atoms with van der Waals surface area (Å²) < 4.78 is 11.4. The minimum Gasteiger partial charge on any atom is -0.444 e. The molecule has 39 heavy (non-hydrogen) atoms. The topological polar surface area (TPSA) is 87.9 Å². The number of fused-ring (bicyclic) bond motifs is 1. The molecule has 3 aromatic rings. The summed E-state index contributed by atoms with van der Waals surface area (Å²) in [6.45, 7) is 8.05. The molecule has 1 aromatic heterocycles. The van der Waals surface area contributed by atoms with Gasteiger partial charge in [-0.05, 0) is 81.8 Å². The van der Waals surface area contributed by atoms with Crippen molar-refractivity contribution in [3.63, 3.8) is 0 Å². The van der Waals surface area contributed by atoms with Gasteiger partial charge in [-0.15, -0.1) is 0 Å². The molecule has 2 aliphatic rings. The fourth-order valence-electron chi connectivity index (χ4n) is 5.49. The fraction of sp³-hybridized carbons (Fsp3) is 0.500. The van der Waals surface area contributed by atoms with Crippen LogP contribution in [0.3, 0.4) is 0 Å². The summed E-state index contributed by atoms with van der Waals surface area (Å²) in [5, 5.41) is 3.87. The zero-order chi connectivity index (χ0) is 27.6. The number of aromatic nitrogens is 1. The van der Waals surface area contributed by atoms with E-state index in [1.165, 1.54) is 0 Å². The molecule has 0 radical (unpaired) electrons. The minimum absolute atomic E-state index is 0.0101. The van der Waals surface area contributed by atoms with Gasteiger partial charge in [0.1, 0.15) is 11.1 Å². The number of rotatable bonds is 7. The first-order valence-corrected chi connectivity index (χ1v) is 14.2. The number of nitrogens with zero attached hydrogens (tertiary/aromatic N) is 3. The molecule has 1 unspecified atom stereocenters. The smallest absolute Gasteiger partial charge is 0.410 e. The minimum atomic E-state index is -0.522. The van der Waals surface area contributed by atoms with Crippen LogP contribution in [0.1, 0.15) is 68.8 Å². The Bertz CT molecular complexity index is 1330. The molecule has 1 aliphatic heterocycles. The van der Waals surface area contributed by atoms with Gasteiger partial charge in [0.15, 0.2) is 5.58 Å². The summed E-state index contributed by atoms with van der Waals surface area (Å²) >= 11 is 6.08. The number of amides is 2. The van der Waals surface area contributed by atoms with Gasteiger partial charge in [0.2, 0.25) is 0 Å². The Morgan fingerprint density at radius 1 is 1.15 bits per heavy atom. The van der Waals surface area contributed by atoms with Crippen LogP contribution in [-0.2, 0) is 11.3 Å². The van der Waals surface area contributed by atoms with Gasteiger partial charge < -0.3 is 24.3 Å². The van der Waals surface area contributed by atoms with E-state index in [0.717, 1.165) is 37.7 Å². The number of hydrogen-bond acceptors (Lipinski definition) is 6. The molecule has 1 saturated carbocycles. The lowest BCUT2D eigenvalue weighted by Gasteiger charge is -2.31. The number of ether oxygens (including phenoxy) is 1. The lowest BCUT2D eigenvalue weighted by Crippen LogP contribution is -2.43. The third-order valence-corrected chi connectivity index (χ3v) is 7.62. The highest BCUT2D eigenvalue weighted by Gasteiger charge is 2.35. The summed E-state index contributed by atoms with van der Waals surface area (Å²) in [5.41, 5.74) is 2.36. The Morgan fingerprint density at radius 3 is 2.69 bits per heavy atom. The molecule has 9 heteroatoms. The number of benzene rings is 2. The second kappa shape index (κ2) is 11.5. The zero-order valence-corrected chi connectivity index (χ0v) is 23.7. The van der Waals surface area contributed by atoms with E-state index >= 15 is 0 Å². The van der Waals surface area contributed by atoms with Crippen LogP contribution in [-0.4, -0.2) is 58.1 Å². The van der Waals surface area contributed by atoms with Gasteiger partial charge in [0, 0.05) is 42.8 Å². The monoisotopic (exact) mass is 552 g/mol. The van der Waals surface area contributed by atoms with Crippen LogP contribution in [0.2, 0.25) is 5.02 Å². The maximum Gasteiger partial charge on any atom is 0.410 e. The summed E-state index contributed by atoms with van der Waals surface area (Å²) in [7, 11) is 0. The van der Waals surface area contributed by atoms with Crippen LogP contribution < -0.4 is 5.32 Å². The summed E-state index contributed by atoms with van der Waals surface area (Å²) in [6, 6.07) is 13.7. The van der Waals surface area contributed by atoms with Gasteiger partial charge in [-0.3, -0.25) is 4.79 Å². The molecule has 1 atom stereocenters. The number of anilines is 1. The molecule has 2 aromatic carbocycles. The van der Waals surface area contributed by atoms with Crippen molar-refractivity contribution in [2.24, 2.45) is 5.92 Å². The highest BCUT2D eigenvalue weighted by atomic mass is 35.5. The van der Waals surface area contributed by atoms with Gasteiger partial charge in [-0.2, -0.15) is 4.98 Å². The van der Waals surface area contributed by atoms with Crippen LogP contribution in [0, 0.1) is 5.92 Å². The molecule has 1 saturated heterocycles. The molecule has 2 heterocycles. The molecule has 0 bridgehead atoms. The molecule has 8 nitrogen and oxygen atoms in total. The van der Waals surface area contributed by atoms with Gasteiger partial charge in [0.25, 0.3) is 11.9 Å². The number of hydrogen-bond donors (Lipinski definition) is 1. The predicted molar refractivity (Wildman–Crippen MR) is 152 cm³/mol. The van der Waals surface area contributed by atoms with Gasteiger partial charge in [-0.25, -0.2) is 4.79 Å². The molecule has 2 amide bonds. The Labute approximate surface area is 234 Å². The number of likely N-dealkylation sites (tertiary alicyclic amines) is 1. The molecule has 208 valence electrons. The van der Waals surface area contributed by atoms with E-state index in [1.807, 2.05) is 68.1 Å². The first kappa shape index (κ1) is 27.3. The van der Waals surface area contributed by atoms with E-state index in [2.05, 4.69) is 10.3 Å². The van der Waals surface area contributed by atoms with Gasteiger partial charge in [-0.1, -0.05) is 36.6 Å². The van der Waals surface area contributed by atoms with Crippen LogP contribution >= 0.6 is 11.6 Å². The molecule has 2 fully saturated rings. The maximum atomic E-state index is 13.8. The molecular formula is C30H37ClN4O4. The van der Waals surface area contributed by atoms with E-state index < -0.39 is 5.60 Å². The van der Waals surface area contributed by atoms with Crippen molar-refractivity contribution < 1.29 is 18.7 Å². The van der Waals surface area contributed by atoms with E-state index in [0.29, 0.717) is 53.9 Å². The standard InChI is InChI=1S/C30H37ClN4O4/c1-30(2,3)39-29(37)34-14-13-21(18-34)19-35(24-9-4-5-10-24)27(36)22-11-12-26-25(16-22)33-28(38-26)32-17-20-7-6-8-23(31)15-20/h6-8,11-12,15-16,21,24H,4-5,9-10,13-14,17-19H2,1-3H3,(H,32,33). The Hall–Kier alpha value is -3.26. The average molecular weight is 553 g/mol. The quantitative estimate of drug-likeness (QED) is 0.349. The molecule has 1 N–H and O–H groups in total. The van der Waals surface area contributed by atoms with Crippen molar-refractivity contribution in [1.82, 2.24) is 14.8 Å². The Morgan fingerprint density at radius 2 is 1.95 bits per heavy atom. The van der Waals surface area contributed by atoms with Crippen LogP contribution in [0.5, 0.6) is 0 Å². The van der Waals surface area contributed by atoms with Crippen molar-refractivity contribution in [2.75, 3.05) is 25.0 Å². The van der Waals surface area contributed by atoms with E-state index in [1.54, 1.807) is 4.90 Å². The van der Waals surface area contributed by atoms with E-state index in [-0.39, 0.29) is 24.0 Å². The van der Waals surface area contributed by atoms with Crippen molar-refractivity contribution >= 4 is 40.7 Å². The van der Waals surface area contributed by atoms with Crippen LogP contribution in [0.15, 0.2) is 46.9 Å². The van der Waals surface area contributed by atoms with Crippen molar-refractivity contribution in [3.8, 4) is 0 Å². The number of carbonyl (C=O) groups excluding carboxylic acids is 2. The molecule has 5 rings (SSSR count). The second-order valence-corrected chi connectivity index (χ2v) is 12.1. The Balaban J connectivity index is 1.27. The number of nitrogens with one attached hydrogen (secondary N) is 1. The van der Waals surface area contributed by atoms with Gasteiger partial charge >= 0.3 is 6.09 Å². The Kier molecular flexibility index (Phi) is 8.03. The molecule has 1 aliphatic carbocycles. The second-order valence-electron chi connectivity index (χ2n) is 11.7. The van der Waals surface area contributed by atoms with Gasteiger partial charge in [0.05, 0.1) is 0 Å². The first-order valence-electron chi connectivity index (χ1n) is 13.8. The van der Waals surface area contributed by atoms with Crippen molar-refractivity contribution in [3.05, 3.63) is 58.6 Å². The highest BCUT2D eigenvalue weighted by molar-refractivity contribution is 6.30. The SMILES string of the molecule is CC(C)(C)OC(=O)N1CCC(CN(C(=O)c2ccc3oc(NCc4cccc(Cl)c4)nc3c2)C2CCCC2)C1. The summed E-state index contributed by atoms with van der Waals surface area (Å²) in [5.74, 6) is 0.232. The molecular weight excluding hydrogens is 516 g/mol. The van der Waals surface area contributed by atoms with Crippen LogP contribution in [0.4, 0.5) is 10.8 Å². The normalized spacial score (nSPS) is 18.1. The van der Waals surface area contributed by atoms with E-state index in [4.69, 9.17) is 20.8 Å². The summed E-state index contributed by atoms with van der Waals surface area (Å²) in [4.78, 5) is 34.8. The number of oxazole rings is 1. The largest absolute Gasteiger partial charge is 0.444 e. The van der Waals surface area contributed by atoms with Crippen LogP contribution in [0.25, 0.3) is 11.1 Å². The number of halogens is 1. The summed E-state index contributed by atoms with van der Waals surface area (Å²) in [6.07, 6.45) is 4.87. The predicted octanol–water partition coefficient (Wildman–Crippen LogP) is 6.74. The average Bonchev–Trinajstić information content (AvgIpc) is 3.65. The van der Waals surface area contributed by atoms with E-state index in [9.17, 15) is 9.59 Å².